The SMILES string of the molecule is O=P(O)(O)O.O=[N+]([O-])[O-].O=[N+]([O-])[O-].O=[N+]([O-])[O-].[Y+3]. The van der Waals surface area contributed by atoms with Crippen LogP contribution in [0.25, 0.3) is 0 Å². The summed E-state index contributed by atoms with van der Waals surface area (Å²) < 4.78 is 8.88. The Morgan fingerprint density at radius 3 is 0.667 bits per heavy atom. The molecule has 0 saturated heterocycles. The molecule has 0 saturated carbocycles. The Bertz CT molecular complexity index is 219. The van der Waals surface area contributed by atoms with Gasteiger partial charge in [0.15, 0.2) is 0 Å². The van der Waals surface area contributed by atoms with Crippen LogP contribution in [0.3, 0.4) is 0 Å². The molecule has 0 spiro atoms. The Labute approximate surface area is 121 Å². The number of hydrogen-bond donors (Lipinski definition) is 3. The van der Waals surface area contributed by atoms with E-state index in [4.69, 9.17) is 65.2 Å². The molecule has 0 amide bonds. The van der Waals surface area contributed by atoms with E-state index in [1.54, 1.807) is 0 Å². The molecule has 0 atom stereocenters. The van der Waals surface area contributed by atoms with Gasteiger partial charge in [-0.2, -0.15) is 0 Å². The van der Waals surface area contributed by atoms with Crippen molar-refractivity contribution in [3.05, 3.63) is 46.0 Å². The van der Waals surface area contributed by atoms with Crippen molar-refractivity contribution in [3.63, 3.8) is 0 Å². The molecule has 0 fully saturated rings. The van der Waals surface area contributed by atoms with Gasteiger partial charge in [-0.3, -0.25) is 0 Å². The summed E-state index contributed by atoms with van der Waals surface area (Å²) in [5.41, 5.74) is 0. The van der Waals surface area contributed by atoms with E-state index in [2.05, 4.69) is 0 Å². The van der Waals surface area contributed by atoms with Crippen LogP contribution in [0.4, 0.5) is 0 Å². The van der Waals surface area contributed by atoms with Crippen molar-refractivity contribution in [1.82, 2.24) is 0 Å². The molecule has 16 nitrogen and oxygen atoms in total. The molecule has 18 heavy (non-hydrogen) atoms. The van der Waals surface area contributed by atoms with Gasteiger partial charge < -0.3 is 60.6 Å². The average Bonchev–Trinajstić information content (AvgIpc) is 1.73. The van der Waals surface area contributed by atoms with Crippen LogP contribution in [0.2, 0.25) is 0 Å². The summed E-state index contributed by atoms with van der Waals surface area (Å²) in [6.07, 6.45) is 0. The van der Waals surface area contributed by atoms with Crippen molar-refractivity contribution in [3.8, 4) is 0 Å². The van der Waals surface area contributed by atoms with Gasteiger partial charge in [0.05, 0.1) is 15.3 Å². The molecule has 0 aliphatic carbocycles. The second kappa shape index (κ2) is 18.2. The Kier molecular flexibility index (Phi) is 30.4. The molecule has 0 heterocycles. The number of nitrogens with zero attached hydrogens (tertiary/aromatic N) is 3. The van der Waals surface area contributed by atoms with Gasteiger partial charge in [-0.1, -0.05) is 0 Å². The summed E-state index contributed by atoms with van der Waals surface area (Å²) in [6, 6.07) is 0. The Morgan fingerprint density at radius 1 is 0.667 bits per heavy atom. The molecule has 104 valence electrons. The molecule has 3 N–H and O–H groups in total. The van der Waals surface area contributed by atoms with Crippen LogP contribution in [0.1, 0.15) is 0 Å². The summed E-state index contributed by atoms with van der Waals surface area (Å²) in [5, 5.41) is 44.2. The zero-order chi connectivity index (χ0) is 15.2. The minimum Gasteiger partial charge on any atom is -0.356 e. The summed E-state index contributed by atoms with van der Waals surface area (Å²) in [5.74, 6) is 0. The van der Waals surface area contributed by atoms with Crippen LogP contribution >= 0.6 is 7.82 Å². The molecule has 0 rings (SSSR count). The fraction of sp³-hybridized carbons (Fsp3) is 0. The van der Waals surface area contributed by atoms with Gasteiger partial charge in [0.25, 0.3) is 0 Å². The maximum atomic E-state index is 8.88. The first-order chi connectivity index (χ1) is 7.20. The predicted octanol–water partition coefficient (Wildman–Crippen LogP) is -1.65. The van der Waals surface area contributed by atoms with E-state index in [1.807, 2.05) is 0 Å². The zero-order valence-corrected chi connectivity index (χ0v) is 11.5. The van der Waals surface area contributed by atoms with E-state index in [0.29, 0.717) is 0 Å². The summed E-state index contributed by atoms with van der Waals surface area (Å²) in [6.45, 7) is 0. The third-order valence-electron chi connectivity index (χ3n) is 0. The van der Waals surface area contributed by atoms with Crippen molar-refractivity contribution < 1.29 is 67.2 Å². The van der Waals surface area contributed by atoms with Crippen molar-refractivity contribution in [2.24, 2.45) is 0 Å². The Balaban J connectivity index is -0.0000000412. The van der Waals surface area contributed by atoms with Gasteiger partial charge in [-0.15, -0.1) is 0 Å². The molecule has 0 bridgehead atoms. The standard InChI is InChI=1S/3NO3.H3O4P.Y/c3*2-1(3)4;1-5(2,3)4;/h;;;(H3,1,2,3,4);/q3*-1;;+3. The monoisotopic (exact) mass is 373 g/mol. The molecule has 18 heteroatoms. The van der Waals surface area contributed by atoms with E-state index < -0.39 is 23.1 Å². The quantitative estimate of drug-likeness (QED) is 0.244. The normalized spacial score (nSPS) is 7.28. The fourth-order valence-electron chi connectivity index (χ4n) is 0. The van der Waals surface area contributed by atoms with Crippen molar-refractivity contribution in [1.29, 1.82) is 0 Å². The first kappa shape index (κ1) is 30.1. The number of hydrogen-bond acceptors (Lipinski definition) is 10. The minimum absolute atomic E-state index is 0. The molecule has 0 unspecified atom stereocenters. The first-order valence-electron chi connectivity index (χ1n) is 2.43. The van der Waals surface area contributed by atoms with Crippen molar-refractivity contribution in [2.75, 3.05) is 0 Å². The molecular formula is H3N3O13PY. The van der Waals surface area contributed by atoms with Crippen LogP contribution in [0, 0.1) is 46.0 Å². The second-order valence-corrected chi connectivity index (χ2v) is 2.21. The topological polar surface area (TPSA) is 276 Å². The van der Waals surface area contributed by atoms with Gasteiger partial charge in [0, 0.05) is 0 Å². The van der Waals surface area contributed by atoms with E-state index in [-0.39, 0.29) is 32.7 Å². The smallest absolute Gasteiger partial charge is 0.356 e. The van der Waals surface area contributed by atoms with Crippen LogP contribution in [0.5, 0.6) is 0 Å². The predicted molar refractivity (Wildman–Crippen MR) is 45.3 cm³/mol. The maximum absolute atomic E-state index is 8.88. The first-order valence-corrected chi connectivity index (χ1v) is 3.99. The zero-order valence-electron chi connectivity index (χ0n) is 7.79. The summed E-state index contributed by atoms with van der Waals surface area (Å²) in [4.78, 5) is 46.3. The van der Waals surface area contributed by atoms with Gasteiger partial charge >= 0.3 is 40.5 Å². The van der Waals surface area contributed by atoms with Crippen LogP contribution in [-0.2, 0) is 37.3 Å². The number of rotatable bonds is 0. The molecular weight excluding hydrogens is 370 g/mol. The molecule has 0 aromatic heterocycles. The Morgan fingerprint density at radius 2 is 0.667 bits per heavy atom. The van der Waals surface area contributed by atoms with E-state index in [9.17, 15) is 0 Å². The van der Waals surface area contributed by atoms with Crippen molar-refractivity contribution >= 4 is 7.82 Å². The average molecular weight is 373 g/mol. The van der Waals surface area contributed by atoms with Crippen LogP contribution < -0.4 is 0 Å². The molecule has 0 aliphatic rings. The van der Waals surface area contributed by atoms with Crippen molar-refractivity contribution in [2.45, 2.75) is 0 Å². The van der Waals surface area contributed by atoms with Gasteiger partial charge in [0.2, 0.25) is 0 Å². The maximum Gasteiger partial charge on any atom is 3.00 e. The summed E-state index contributed by atoms with van der Waals surface area (Å²) >= 11 is 0. The molecule has 0 aliphatic heterocycles. The van der Waals surface area contributed by atoms with E-state index in [0.717, 1.165) is 0 Å². The van der Waals surface area contributed by atoms with Gasteiger partial charge in [-0.25, -0.2) is 4.57 Å². The van der Waals surface area contributed by atoms with Crippen LogP contribution in [0.15, 0.2) is 0 Å². The van der Waals surface area contributed by atoms with E-state index in [1.165, 1.54) is 0 Å². The van der Waals surface area contributed by atoms with Gasteiger partial charge in [0.1, 0.15) is 0 Å². The van der Waals surface area contributed by atoms with Crippen LogP contribution in [-0.4, -0.2) is 29.9 Å². The molecule has 0 aromatic carbocycles. The molecule has 0 aromatic rings. The number of phosphoric acid groups is 1. The van der Waals surface area contributed by atoms with Gasteiger partial charge in [-0.05, 0) is 0 Å². The minimum atomic E-state index is -4.64. The third-order valence-corrected chi connectivity index (χ3v) is 0. The molecule has 0 radical (unpaired) electrons. The van der Waals surface area contributed by atoms with E-state index >= 15 is 0 Å². The Hall–Kier alpha value is -1.19. The second-order valence-electron chi connectivity index (χ2n) is 1.18. The largest absolute Gasteiger partial charge is 3.00 e. The fourth-order valence-corrected chi connectivity index (χ4v) is 0. The summed E-state index contributed by atoms with van der Waals surface area (Å²) in [7, 11) is -4.64. The third kappa shape index (κ3) is 2010.